The molecule has 0 fully saturated rings. The summed E-state index contributed by atoms with van der Waals surface area (Å²) in [6, 6.07) is 0. The molecule has 0 aliphatic carbocycles. The van der Waals surface area contributed by atoms with Crippen LogP contribution in [0.3, 0.4) is 0 Å². The topological polar surface area (TPSA) is 105 Å². The van der Waals surface area contributed by atoms with Crippen molar-refractivity contribution in [2.45, 2.75) is 123 Å². The minimum atomic E-state index is -0.592. The quantitative estimate of drug-likeness (QED) is 0.133. The second kappa shape index (κ2) is 16.5. The van der Waals surface area contributed by atoms with Gasteiger partial charge in [0.25, 0.3) is 0 Å². The summed E-state index contributed by atoms with van der Waals surface area (Å²) < 4.78 is 20.6. The highest BCUT2D eigenvalue weighted by molar-refractivity contribution is 5.91. The number of carbonyl (C=O) groups is 4. The Bertz CT molecular complexity index is 547. The van der Waals surface area contributed by atoms with Gasteiger partial charge in [0.15, 0.2) is 0 Å². The minimum Gasteiger partial charge on any atom is -0.465 e. The molecule has 0 aromatic carbocycles. The lowest BCUT2D eigenvalue weighted by Gasteiger charge is -2.19. The van der Waals surface area contributed by atoms with Crippen LogP contribution in [0.1, 0.15) is 112 Å². The Labute approximate surface area is 199 Å². The number of rotatable bonds is 16. The summed E-state index contributed by atoms with van der Waals surface area (Å²) in [5.74, 6) is -1.58. The van der Waals surface area contributed by atoms with Crippen LogP contribution in [-0.2, 0) is 38.1 Å². The third-order valence-corrected chi connectivity index (χ3v) is 4.21. The standard InChI is InChI=1S/C25H44O8/c1-24(2,3)32-20(26)15-11-7-9-13-17-30-22(28)19-23(29)31-18-14-10-8-12-16-21(27)33-25(4,5)6/h7-19H2,1-6H3. The summed E-state index contributed by atoms with van der Waals surface area (Å²) in [4.78, 5) is 46.5. The molecule has 0 radical (unpaired) electrons. The van der Waals surface area contributed by atoms with Crippen molar-refractivity contribution >= 4 is 23.9 Å². The molecule has 0 aliphatic rings. The molecule has 0 amide bonds. The number of unbranched alkanes of at least 4 members (excludes halogenated alkanes) is 6. The first-order valence-electron chi connectivity index (χ1n) is 12.0. The maximum atomic E-state index is 11.7. The lowest BCUT2D eigenvalue weighted by Crippen LogP contribution is -2.23. The summed E-state index contributed by atoms with van der Waals surface area (Å²) in [5, 5.41) is 0. The van der Waals surface area contributed by atoms with E-state index in [2.05, 4.69) is 0 Å². The van der Waals surface area contributed by atoms with Gasteiger partial charge in [-0.05, 0) is 67.2 Å². The molecule has 0 bridgehead atoms. The van der Waals surface area contributed by atoms with Gasteiger partial charge in [-0.2, -0.15) is 0 Å². The fourth-order valence-corrected chi connectivity index (χ4v) is 2.83. The highest BCUT2D eigenvalue weighted by atomic mass is 16.6. The van der Waals surface area contributed by atoms with E-state index < -0.39 is 29.6 Å². The predicted octanol–water partition coefficient (Wildman–Crippen LogP) is 5.05. The van der Waals surface area contributed by atoms with Crippen LogP contribution >= 0.6 is 0 Å². The molecule has 0 aromatic rings. The smallest absolute Gasteiger partial charge is 0.317 e. The Morgan fingerprint density at radius 2 is 0.818 bits per heavy atom. The van der Waals surface area contributed by atoms with Gasteiger partial charge >= 0.3 is 23.9 Å². The Morgan fingerprint density at radius 1 is 0.485 bits per heavy atom. The molecular weight excluding hydrogens is 428 g/mol. The zero-order chi connectivity index (χ0) is 25.3. The van der Waals surface area contributed by atoms with Crippen molar-refractivity contribution in [3.63, 3.8) is 0 Å². The van der Waals surface area contributed by atoms with Crippen LogP contribution in [-0.4, -0.2) is 48.3 Å². The van der Waals surface area contributed by atoms with Crippen LogP contribution in [0.15, 0.2) is 0 Å². The number of carbonyl (C=O) groups excluding carboxylic acids is 4. The summed E-state index contributed by atoms with van der Waals surface area (Å²) in [7, 11) is 0. The van der Waals surface area contributed by atoms with Gasteiger partial charge in [0.1, 0.15) is 17.6 Å². The average molecular weight is 473 g/mol. The second-order valence-corrected chi connectivity index (χ2v) is 10.1. The summed E-state index contributed by atoms with van der Waals surface area (Å²) in [5.41, 5.74) is -0.925. The van der Waals surface area contributed by atoms with Gasteiger partial charge in [0.2, 0.25) is 0 Å². The lowest BCUT2D eigenvalue weighted by atomic mass is 10.1. The SMILES string of the molecule is CC(C)(C)OC(=O)CCCCCCOC(=O)CC(=O)OCCCCCCC(=O)OC(C)(C)C. The number of hydrogen-bond acceptors (Lipinski definition) is 8. The van der Waals surface area contributed by atoms with Gasteiger partial charge in [-0.15, -0.1) is 0 Å². The molecule has 0 aromatic heterocycles. The zero-order valence-electron chi connectivity index (χ0n) is 21.5. The number of ether oxygens (including phenoxy) is 4. The van der Waals surface area contributed by atoms with E-state index in [9.17, 15) is 19.2 Å². The first-order chi connectivity index (χ1) is 15.3. The molecular formula is C25H44O8. The van der Waals surface area contributed by atoms with Crippen molar-refractivity contribution < 1.29 is 38.1 Å². The van der Waals surface area contributed by atoms with Crippen molar-refractivity contribution in [1.29, 1.82) is 0 Å². The largest absolute Gasteiger partial charge is 0.465 e. The Hall–Kier alpha value is -2.12. The normalized spacial score (nSPS) is 11.6. The molecule has 0 spiro atoms. The molecule has 0 unspecified atom stereocenters. The van der Waals surface area contributed by atoms with Gasteiger partial charge in [0, 0.05) is 12.8 Å². The molecule has 33 heavy (non-hydrogen) atoms. The van der Waals surface area contributed by atoms with E-state index in [-0.39, 0.29) is 25.2 Å². The van der Waals surface area contributed by atoms with Crippen molar-refractivity contribution in [3.8, 4) is 0 Å². The van der Waals surface area contributed by atoms with E-state index in [1.807, 2.05) is 41.5 Å². The molecule has 0 aliphatic heterocycles. The van der Waals surface area contributed by atoms with E-state index in [0.29, 0.717) is 25.7 Å². The van der Waals surface area contributed by atoms with Crippen LogP contribution in [0, 0.1) is 0 Å². The lowest BCUT2D eigenvalue weighted by molar-refractivity contribution is -0.156. The van der Waals surface area contributed by atoms with E-state index in [0.717, 1.165) is 38.5 Å². The van der Waals surface area contributed by atoms with Gasteiger partial charge < -0.3 is 18.9 Å². The molecule has 0 heterocycles. The molecule has 192 valence electrons. The fourth-order valence-electron chi connectivity index (χ4n) is 2.83. The maximum Gasteiger partial charge on any atom is 0.317 e. The Balaban J connectivity index is 3.57. The van der Waals surface area contributed by atoms with Gasteiger partial charge in [-0.3, -0.25) is 19.2 Å². The van der Waals surface area contributed by atoms with Crippen LogP contribution < -0.4 is 0 Å². The van der Waals surface area contributed by atoms with Crippen LogP contribution in [0.4, 0.5) is 0 Å². The molecule has 0 saturated heterocycles. The van der Waals surface area contributed by atoms with Crippen molar-refractivity contribution in [1.82, 2.24) is 0 Å². The minimum absolute atomic E-state index is 0.201. The fraction of sp³-hybridized carbons (Fsp3) is 0.840. The molecule has 0 atom stereocenters. The highest BCUT2D eigenvalue weighted by Crippen LogP contribution is 2.12. The maximum absolute atomic E-state index is 11.7. The van der Waals surface area contributed by atoms with Crippen molar-refractivity contribution in [3.05, 3.63) is 0 Å². The summed E-state index contributed by atoms with van der Waals surface area (Å²) >= 11 is 0. The summed E-state index contributed by atoms with van der Waals surface area (Å²) in [6.45, 7) is 11.5. The first-order valence-corrected chi connectivity index (χ1v) is 12.0. The van der Waals surface area contributed by atoms with Crippen LogP contribution in [0.2, 0.25) is 0 Å². The molecule has 0 saturated carbocycles. The predicted molar refractivity (Wildman–Crippen MR) is 124 cm³/mol. The highest BCUT2D eigenvalue weighted by Gasteiger charge is 2.16. The Kier molecular flexibility index (Phi) is 15.4. The van der Waals surface area contributed by atoms with Gasteiger partial charge in [-0.25, -0.2) is 0 Å². The number of hydrogen-bond donors (Lipinski definition) is 0. The van der Waals surface area contributed by atoms with Crippen molar-refractivity contribution in [2.24, 2.45) is 0 Å². The molecule has 0 N–H and O–H groups in total. The van der Waals surface area contributed by atoms with Gasteiger partial charge in [0.05, 0.1) is 13.2 Å². The van der Waals surface area contributed by atoms with E-state index in [4.69, 9.17) is 18.9 Å². The third-order valence-electron chi connectivity index (χ3n) is 4.21. The van der Waals surface area contributed by atoms with E-state index in [1.54, 1.807) is 0 Å². The van der Waals surface area contributed by atoms with Crippen molar-refractivity contribution in [2.75, 3.05) is 13.2 Å². The summed E-state index contributed by atoms with van der Waals surface area (Å²) in [6.07, 6.45) is 6.54. The Morgan fingerprint density at radius 3 is 1.15 bits per heavy atom. The molecule has 8 nitrogen and oxygen atoms in total. The third kappa shape index (κ3) is 22.9. The van der Waals surface area contributed by atoms with E-state index >= 15 is 0 Å². The van der Waals surface area contributed by atoms with Gasteiger partial charge in [-0.1, -0.05) is 25.7 Å². The molecule has 0 rings (SSSR count). The van der Waals surface area contributed by atoms with E-state index in [1.165, 1.54) is 0 Å². The second-order valence-electron chi connectivity index (χ2n) is 10.1. The zero-order valence-corrected chi connectivity index (χ0v) is 21.5. The average Bonchev–Trinajstić information content (AvgIpc) is 2.63. The monoisotopic (exact) mass is 472 g/mol. The van der Waals surface area contributed by atoms with Crippen LogP contribution in [0.5, 0.6) is 0 Å². The number of esters is 4. The molecule has 8 heteroatoms. The first kappa shape index (κ1) is 30.9. The van der Waals surface area contributed by atoms with Crippen LogP contribution in [0.25, 0.3) is 0 Å².